The van der Waals surface area contributed by atoms with Gasteiger partial charge in [-0.1, -0.05) is 0 Å². The maximum Gasteiger partial charge on any atom is 0.261 e. The summed E-state index contributed by atoms with van der Waals surface area (Å²) in [5.41, 5.74) is 5.78. The molecule has 1 heterocycles. The molecule has 0 saturated carbocycles. The van der Waals surface area contributed by atoms with E-state index < -0.39 is 15.8 Å². The van der Waals surface area contributed by atoms with Crippen LogP contribution in [0.1, 0.15) is 5.56 Å². The van der Waals surface area contributed by atoms with Crippen molar-refractivity contribution in [2.24, 2.45) is 0 Å². The molecule has 0 aliphatic carbocycles. The number of rotatable bonds is 3. The van der Waals surface area contributed by atoms with Crippen molar-refractivity contribution in [2.75, 3.05) is 10.5 Å². The third kappa shape index (κ3) is 2.82. The number of aromatic nitrogens is 1. The van der Waals surface area contributed by atoms with Gasteiger partial charge >= 0.3 is 0 Å². The Balaban J connectivity index is 2.40. The molecule has 0 amide bonds. The first-order valence-electron chi connectivity index (χ1n) is 5.38. The monoisotopic (exact) mass is 281 g/mol. The van der Waals surface area contributed by atoms with Crippen LogP contribution in [0.3, 0.4) is 0 Å². The predicted molar refractivity (Wildman–Crippen MR) is 70.6 cm³/mol. The van der Waals surface area contributed by atoms with Gasteiger partial charge in [-0.15, -0.1) is 0 Å². The minimum absolute atomic E-state index is 0.0827. The smallest absolute Gasteiger partial charge is 0.261 e. The summed E-state index contributed by atoms with van der Waals surface area (Å²) in [5, 5.41) is 0. The molecule has 0 aliphatic rings. The van der Waals surface area contributed by atoms with E-state index in [-0.39, 0.29) is 16.1 Å². The second kappa shape index (κ2) is 4.85. The molecule has 7 heteroatoms. The van der Waals surface area contributed by atoms with Crippen LogP contribution in [0.15, 0.2) is 41.6 Å². The lowest BCUT2D eigenvalue weighted by Crippen LogP contribution is -2.14. The molecule has 3 N–H and O–H groups in total. The van der Waals surface area contributed by atoms with E-state index in [9.17, 15) is 12.8 Å². The van der Waals surface area contributed by atoms with E-state index in [1.165, 1.54) is 37.5 Å². The minimum Gasteiger partial charge on any atom is -0.396 e. The van der Waals surface area contributed by atoms with Gasteiger partial charge in [0.15, 0.2) is 0 Å². The molecule has 0 spiro atoms. The van der Waals surface area contributed by atoms with Crippen molar-refractivity contribution in [1.29, 1.82) is 0 Å². The molecule has 0 saturated heterocycles. The quantitative estimate of drug-likeness (QED) is 0.842. The van der Waals surface area contributed by atoms with E-state index in [0.29, 0.717) is 5.69 Å². The van der Waals surface area contributed by atoms with E-state index >= 15 is 0 Å². The van der Waals surface area contributed by atoms with E-state index in [1.807, 2.05) is 0 Å². The lowest BCUT2D eigenvalue weighted by Gasteiger charge is -2.10. The van der Waals surface area contributed by atoms with E-state index in [0.717, 1.165) is 6.07 Å². The first kappa shape index (κ1) is 13.3. The van der Waals surface area contributed by atoms with Crippen molar-refractivity contribution in [1.82, 2.24) is 4.98 Å². The second-order valence-electron chi connectivity index (χ2n) is 3.98. The van der Waals surface area contributed by atoms with Gasteiger partial charge in [-0.2, -0.15) is 0 Å². The summed E-state index contributed by atoms with van der Waals surface area (Å²) >= 11 is 0. The van der Waals surface area contributed by atoms with Gasteiger partial charge in [0.05, 0.1) is 16.3 Å². The first-order valence-corrected chi connectivity index (χ1v) is 6.87. The highest BCUT2D eigenvalue weighted by atomic mass is 32.2. The van der Waals surface area contributed by atoms with Crippen molar-refractivity contribution in [3.8, 4) is 0 Å². The van der Waals surface area contributed by atoms with Crippen LogP contribution in [0, 0.1) is 12.7 Å². The second-order valence-corrected chi connectivity index (χ2v) is 5.67. The summed E-state index contributed by atoms with van der Waals surface area (Å²) in [7, 11) is -3.80. The average molecular weight is 281 g/mol. The van der Waals surface area contributed by atoms with Gasteiger partial charge in [-0.25, -0.2) is 12.8 Å². The number of hydrogen-bond acceptors (Lipinski definition) is 4. The van der Waals surface area contributed by atoms with Gasteiger partial charge in [0.2, 0.25) is 0 Å². The minimum atomic E-state index is -3.80. The summed E-state index contributed by atoms with van der Waals surface area (Å²) in [5.74, 6) is -0.608. The molecular formula is C12H12FN3O2S. The van der Waals surface area contributed by atoms with Gasteiger partial charge < -0.3 is 5.73 Å². The summed E-state index contributed by atoms with van der Waals surface area (Å²) < 4.78 is 40.0. The van der Waals surface area contributed by atoms with E-state index in [1.54, 1.807) is 0 Å². The topological polar surface area (TPSA) is 85.1 Å². The lowest BCUT2D eigenvalue weighted by atomic mass is 10.2. The van der Waals surface area contributed by atoms with Crippen LogP contribution >= 0.6 is 0 Å². The van der Waals surface area contributed by atoms with Crippen molar-refractivity contribution < 1.29 is 12.8 Å². The Morgan fingerprint density at radius 2 is 1.89 bits per heavy atom. The molecule has 1 aromatic carbocycles. The number of nitrogens with one attached hydrogen (secondary N) is 1. The van der Waals surface area contributed by atoms with Crippen molar-refractivity contribution >= 4 is 21.4 Å². The number of aryl methyl sites for hydroxylation is 1. The fraction of sp³-hybridized carbons (Fsp3) is 0.0833. The van der Waals surface area contributed by atoms with E-state index in [2.05, 4.69) is 9.71 Å². The molecule has 5 nitrogen and oxygen atoms in total. The fourth-order valence-electron chi connectivity index (χ4n) is 1.55. The van der Waals surface area contributed by atoms with Crippen molar-refractivity contribution in [2.45, 2.75) is 11.8 Å². The Kier molecular flexibility index (Phi) is 3.39. The number of nitrogen functional groups attached to an aromatic ring is 1. The third-order valence-corrected chi connectivity index (χ3v) is 3.86. The number of benzene rings is 1. The highest BCUT2D eigenvalue weighted by molar-refractivity contribution is 7.92. The summed E-state index contributed by atoms with van der Waals surface area (Å²) in [4.78, 5) is 3.70. The Hall–Kier alpha value is -2.15. The highest BCUT2D eigenvalue weighted by Crippen LogP contribution is 2.22. The van der Waals surface area contributed by atoms with Gasteiger partial charge in [-0.05, 0) is 36.8 Å². The molecule has 0 unspecified atom stereocenters. The number of nitrogens with two attached hydrogens (primary N) is 1. The zero-order valence-corrected chi connectivity index (χ0v) is 10.9. The van der Waals surface area contributed by atoms with Gasteiger partial charge in [0.1, 0.15) is 5.82 Å². The molecule has 1 aromatic heterocycles. The maximum absolute atomic E-state index is 13.4. The summed E-state index contributed by atoms with van der Waals surface area (Å²) in [6.07, 6.45) is 2.92. The Morgan fingerprint density at radius 1 is 1.26 bits per heavy atom. The number of pyridine rings is 1. The zero-order valence-electron chi connectivity index (χ0n) is 10.1. The highest BCUT2D eigenvalue weighted by Gasteiger charge is 2.17. The Bertz CT molecular complexity index is 679. The molecular weight excluding hydrogens is 269 g/mol. The van der Waals surface area contributed by atoms with Gasteiger partial charge in [0, 0.05) is 12.4 Å². The van der Waals surface area contributed by atoms with Gasteiger partial charge in [-0.3, -0.25) is 9.71 Å². The predicted octanol–water partition coefficient (Wildman–Crippen LogP) is 1.91. The summed E-state index contributed by atoms with van der Waals surface area (Å²) in [6.45, 7) is 1.46. The van der Waals surface area contributed by atoms with Crippen LogP contribution in [-0.2, 0) is 10.0 Å². The van der Waals surface area contributed by atoms with Gasteiger partial charge in [0.25, 0.3) is 10.0 Å². The van der Waals surface area contributed by atoms with Crippen molar-refractivity contribution in [3.63, 3.8) is 0 Å². The number of nitrogens with zero attached hydrogens (tertiary/aromatic N) is 1. The van der Waals surface area contributed by atoms with Crippen LogP contribution in [0.4, 0.5) is 15.8 Å². The molecule has 0 atom stereocenters. The molecule has 2 aromatic rings. The fourth-order valence-corrected chi connectivity index (χ4v) is 2.73. The van der Waals surface area contributed by atoms with Crippen LogP contribution in [-0.4, -0.2) is 13.4 Å². The molecule has 19 heavy (non-hydrogen) atoms. The standard InChI is InChI=1S/C12H12FN3O2S/c1-8-6-10(7-11(14)12(8)13)19(17,18)16-9-2-4-15-5-3-9/h2-7H,14H2,1H3,(H,15,16). The number of anilines is 2. The van der Waals surface area contributed by atoms with Crippen LogP contribution in [0.25, 0.3) is 0 Å². The van der Waals surface area contributed by atoms with Crippen molar-refractivity contribution in [3.05, 3.63) is 48.0 Å². The molecule has 0 bridgehead atoms. The summed E-state index contributed by atoms with van der Waals surface area (Å²) in [6, 6.07) is 5.34. The average Bonchev–Trinajstić information content (AvgIpc) is 2.36. The third-order valence-electron chi connectivity index (χ3n) is 2.50. The van der Waals surface area contributed by atoms with Crippen LogP contribution in [0.2, 0.25) is 0 Å². The molecule has 2 rings (SSSR count). The van der Waals surface area contributed by atoms with E-state index in [4.69, 9.17) is 5.73 Å². The Morgan fingerprint density at radius 3 is 2.47 bits per heavy atom. The molecule has 0 aliphatic heterocycles. The normalized spacial score (nSPS) is 11.3. The number of sulfonamides is 1. The van der Waals surface area contributed by atoms with Crippen LogP contribution in [0.5, 0.6) is 0 Å². The largest absolute Gasteiger partial charge is 0.396 e. The lowest BCUT2D eigenvalue weighted by molar-refractivity contribution is 0.599. The first-order chi connectivity index (χ1) is 8.90. The SMILES string of the molecule is Cc1cc(S(=O)(=O)Nc2ccncc2)cc(N)c1F. The maximum atomic E-state index is 13.4. The molecule has 0 fully saturated rings. The molecule has 0 radical (unpaired) electrons. The van der Waals surface area contributed by atoms with Crippen LogP contribution < -0.4 is 10.5 Å². The number of halogens is 1. The Labute approximate surface area is 110 Å². The number of hydrogen-bond donors (Lipinski definition) is 2. The molecule has 100 valence electrons. The zero-order chi connectivity index (χ0) is 14.0.